The molecule has 2 aliphatic heterocycles. The molecule has 0 unspecified atom stereocenters. The molecule has 360 valence electrons. The predicted octanol–water partition coefficient (Wildman–Crippen LogP) is 17.1. The third-order valence-electron chi connectivity index (χ3n) is 19.1. The van der Waals surface area contributed by atoms with E-state index in [-0.39, 0.29) is 44.6 Å². The van der Waals surface area contributed by atoms with Crippen molar-refractivity contribution in [1.82, 2.24) is 0 Å². The highest BCUT2D eigenvalue weighted by Gasteiger charge is 2.48. The van der Waals surface area contributed by atoms with Crippen molar-refractivity contribution < 1.29 is 0 Å². The summed E-state index contributed by atoms with van der Waals surface area (Å²) in [6.45, 7) is 41.8. The Bertz CT molecular complexity index is 3420. The van der Waals surface area contributed by atoms with Gasteiger partial charge in [0.1, 0.15) is 0 Å². The molecule has 1 aromatic heterocycles. The van der Waals surface area contributed by atoms with E-state index < -0.39 is 0 Å². The van der Waals surface area contributed by atoms with Crippen LogP contribution in [0.2, 0.25) is 0 Å². The molecule has 0 saturated carbocycles. The molecule has 70 heavy (non-hydrogen) atoms. The monoisotopic (exact) mass is 941 g/mol. The van der Waals surface area contributed by atoms with Crippen LogP contribution in [0.1, 0.15) is 192 Å². The average molecular weight is 941 g/mol. The average Bonchev–Trinajstić information content (AvgIpc) is 3.64. The molecule has 0 bridgehead atoms. The molecule has 3 heterocycles. The quantitative estimate of drug-likeness (QED) is 0.159. The van der Waals surface area contributed by atoms with Gasteiger partial charge in [0.05, 0.1) is 0 Å². The Morgan fingerprint density at radius 1 is 0.457 bits per heavy atom. The molecule has 7 aromatic rings. The number of anilines is 6. The molecule has 0 fully saturated rings. The fourth-order valence-electron chi connectivity index (χ4n) is 14.3. The van der Waals surface area contributed by atoms with Gasteiger partial charge in [-0.15, -0.1) is 11.3 Å². The van der Waals surface area contributed by atoms with Crippen LogP contribution in [0.25, 0.3) is 20.2 Å². The van der Waals surface area contributed by atoms with Gasteiger partial charge in [-0.3, -0.25) is 0 Å². The van der Waals surface area contributed by atoms with Crippen LogP contribution in [0, 0.1) is 13.8 Å². The molecule has 6 aromatic carbocycles. The van der Waals surface area contributed by atoms with Gasteiger partial charge < -0.3 is 9.80 Å². The molecular weight excluding hydrogens is 864 g/mol. The maximum absolute atomic E-state index is 2.75. The van der Waals surface area contributed by atoms with Gasteiger partial charge in [-0.1, -0.05) is 134 Å². The Hall–Kier alpha value is -4.80. The normalized spacial score (nSPS) is 20.6. The van der Waals surface area contributed by atoms with E-state index in [2.05, 4.69) is 212 Å². The molecule has 0 amide bonds. The fourth-order valence-corrected chi connectivity index (χ4v) is 15.5. The van der Waals surface area contributed by atoms with Gasteiger partial charge in [0.2, 0.25) is 0 Å². The minimum Gasteiger partial charge on any atom is -0.311 e. The summed E-state index contributed by atoms with van der Waals surface area (Å²) in [6, 6.07) is 35.7. The van der Waals surface area contributed by atoms with Crippen LogP contribution in [-0.2, 0) is 37.9 Å². The number of hydrogen-bond acceptors (Lipinski definition) is 3. The standard InChI is InChI=1S/C66H77BN2S/c1-38-29-54-59-55(30-38)69(51-35-47-44(31-39(51)2)62(8,9)25-27-65(47,14)15)52-33-41-57(70-56-20-18-19-43(58(41)56)60(3,4)5)37-50(52)67(59)49-34-46-48(66(16,17)28-26-64(46,12)13)36-53(49)68(54)40-21-22-42-45(32-40)63(10,11)24-23-61(42,6)7/h18-22,29-37H,23-28H2,1-17H3. The first-order chi connectivity index (χ1) is 32.6. The summed E-state index contributed by atoms with van der Waals surface area (Å²) in [6.07, 6.45) is 7.15. The SMILES string of the molecule is Cc1cc2c3c(c1)N(c1cc4c(cc1C)C(C)(C)CCC4(C)C)c1cc4c(cc1B3c1cc3c(cc1N2c1ccc2c(c1)C(C)(C)CCC2(C)C)C(C)(C)CCC3(C)C)sc1cccc(C(C)(C)C)c14. The Balaban J connectivity index is 1.23. The number of aryl methyl sites for hydroxylation is 2. The molecule has 0 saturated heterocycles. The number of rotatable bonds is 2. The summed E-state index contributed by atoms with van der Waals surface area (Å²) in [5.74, 6) is 0. The molecule has 5 aliphatic rings. The first-order valence-corrected chi connectivity index (χ1v) is 27.7. The zero-order valence-corrected chi connectivity index (χ0v) is 46.5. The molecule has 0 radical (unpaired) electrons. The van der Waals surface area contributed by atoms with E-state index in [1.807, 2.05) is 11.3 Å². The lowest BCUT2D eigenvalue weighted by molar-refractivity contribution is 0.332. The second kappa shape index (κ2) is 14.5. The van der Waals surface area contributed by atoms with Crippen molar-refractivity contribution in [3.63, 3.8) is 0 Å². The van der Waals surface area contributed by atoms with E-state index in [1.165, 1.54) is 159 Å². The van der Waals surface area contributed by atoms with E-state index in [9.17, 15) is 0 Å². The van der Waals surface area contributed by atoms with E-state index in [0.717, 1.165) is 0 Å². The topological polar surface area (TPSA) is 6.48 Å². The van der Waals surface area contributed by atoms with E-state index >= 15 is 0 Å². The van der Waals surface area contributed by atoms with Gasteiger partial charge in [0, 0.05) is 54.3 Å². The van der Waals surface area contributed by atoms with E-state index in [0.29, 0.717) is 0 Å². The van der Waals surface area contributed by atoms with Gasteiger partial charge in [0.15, 0.2) is 0 Å². The van der Waals surface area contributed by atoms with Crippen molar-refractivity contribution in [2.24, 2.45) is 0 Å². The van der Waals surface area contributed by atoms with Gasteiger partial charge in [-0.2, -0.15) is 0 Å². The molecule has 3 aliphatic carbocycles. The number of hydrogen-bond donors (Lipinski definition) is 0. The maximum atomic E-state index is 2.75. The third-order valence-corrected chi connectivity index (χ3v) is 20.2. The summed E-state index contributed by atoms with van der Waals surface area (Å²) in [5.41, 5.74) is 25.9. The van der Waals surface area contributed by atoms with Crippen LogP contribution in [0.15, 0.2) is 84.9 Å². The minimum atomic E-state index is 0.00226. The van der Waals surface area contributed by atoms with Crippen molar-refractivity contribution in [3.05, 3.63) is 135 Å². The van der Waals surface area contributed by atoms with Crippen molar-refractivity contribution in [3.8, 4) is 0 Å². The summed E-state index contributed by atoms with van der Waals surface area (Å²) in [5, 5.41) is 2.80. The summed E-state index contributed by atoms with van der Waals surface area (Å²) in [7, 11) is 0. The van der Waals surface area contributed by atoms with Crippen LogP contribution in [0.5, 0.6) is 0 Å². The van der Waals surface area contributed by atoms with Crippen LogP contribution in [-0.4, -0.2) is 6.71 Å². The molecule has 0 atom stereocenters. The lowest BCUT2D eigenvalue weighted by atomic mass is 9.33. The van der Waals surface area contributed by atoms with E-state index in [1.54, 1.807) is 0 Å². The Kier molecular flexibility index (Phi) is 9.56. The van der Waals surface area contributed by atoms with Crippen molar-refractivity contribution in [2.75, 3.05) is 9.80 Å². The molecular formula is C66H77BN2S. The maximum Gasteiger partial charge on any atom is 0.252 e. The first kappa shape index (κ1) is 46.3. The van der Waals surface area contributed by atoms with Gasteiger partial charge >= 0.3 is 0 Å². The summed E-state index contributed by atoms with van der Waals surface area (Å²) < 4.78 is 2.77. The van der Waals surface area contributed by atoms with Crippen LogP contribution >= 0.6 is 11.3 Å². The number of fused-ring (bicyclic) bond motifs is 10. The molecule has 2 nitrogen and oxygen atoms in total. The number of benzene rings is 6. The minimum absolute atomic E-state index is 0.00226. The van der Waals surface area contributed by atoms with Crippen LogP contribution in [0.4, 0.5) is 34.1 Å². The van der Waals surface area contributed by atoms with Crippen molar-refractivity contribution in [2.45, 2.75) is 194 Å². The molecule has 0 N–H and O–H groups in total. The highest BCUT2D eigenvalue weighted by atomic mass is 32.1. The fraction of sp³-hybridized carbons (Fsp3) is 0.455. The highest BCUT2D eigenvalue weighted by molar-refractivity contribution is 7.26. The highest BCUT2D eigenvalue weighted by Crippen LogP contribution is 2.55. The van der Waals surface area contributed by atoms with E-state index in [4.69, 9.17) is 0 Å². The molecule has 12 rings (SSSR count). The second-order valence-electron chi connectivity index (χ2n) is 27.9. The smallest absolute Gasteiger partial charge is 0.252 e. The van der Waals surface area contributed by atoms with Crippen LogP contribution in [0.3, 0.4) is 0 Å². The predicted molar refractivity (Wildman–Crippen MR) is 307 cm³/mol. The van der Waals surface area contributed by atoms with Crippen molar-refractivity contribution in [1.29, 1.82) is 0 Å². The first-order valence-electron chi connectivity index (χ1n) is 26.8. The Labute approximate surface area is 425 Å². The lowest BCUT2D eigenvalue weighted by Crippen LogP contribution is -2.62. The summed E-state index contributed by atoms with van der Waals surface area (Å²) in [4.78, 5) is 5.48. The second-order valence-corrected chi connectivity index (χ2v) is 29.0. The molecule has 0 spiro atoms. The van der Waals surface area contributed by atoms with Crippen molar-refractivity contribution >= 4 is 88.7 Å². The zero-order chi connectivity index (χ0) is 49.8. The lowest BCUT2D eigenvalue weighted by Gasteiger charge is -2.48. The molecule has 4 heteroatoms. The number of nitrogens with zero attached hydrogens (tertiary/aromatic N) is 2. The van der Waals surface area contributed by atoms with Gasteiger partial charge in [-0.25, -0.2) is 0 Å². The zero-order valence-electron chi connectivity index (χ0n) is 45.7. The van der Waals surface area contributed by atoms with Gasteiger partial charge in [0.25, 0.3) is 6.71 Å². The van der Waals surface area contributed by atoms with Gasteiger partial charge in [-0.05, 0) is 211 Å². The largest absolute Gasteiger partial charge is 0.311 e. The third kappa shape index (κ3) is 6.55. The Morgan fingerprint density at radius 2 is 0.943 bits per heavy atom. The number of thiophene rings is 1. The Morgan fingerprint density at radius 3 is 1.53 bits per heavy atom. The summed E-state index contributed by atoms with van der Waals surface area (Å²) >= 11 is 1.99. The van der Waals surface area contributed by atoms with Crippen LogP contribution < -0.4 is 26.2 Å².